The molecule has 0 bridgehead atoms. The number of aryl methyl sites for hydroxylation is 1. The lowest BCUT2D eigenvalue weighted by Crippen LogP contribution is -2.46. The van der Waals surface area contributed by atoms with Gasteiger partial charge in [-0.1, -0.05) is 11.2 Å². The van der Waals surface area contributed by atoms with Crippen molar-refractivity contribution in [3.05, 3.63) is 35.6 Å². The van der Waals surface area contributed by atoms with Crippen LogP contribution in [-0.2, 0) is 6.54 Å². The minimum Gasteiger partial charge on any atom is -0.481 e. The van der Waals surface area contributed by atoms with E-state index >= 15 is 0 Å². The monoisotopic (exact) mass is 303 g/mol. The van der Waals surface area contributed by atoms with Gasteiger partial charge in [0, 0.05) is 37.9 Å². The second kappa shape index (κ2) is 6.41. The number of methoxy groups -OCH3 is 1. The molecular formula is C15H21N5O2. The molecule has 0 N–H and O–H groups in total. The van der Waals surface area contributed by atoms with Crippen molar-refractivity contribution in [2.75, 3.05) is 33.8 Å². The molecule has 3 rings (SSSR count). The quantitative estimate of drug-likeness (QED) is 0.842. The lowest BCUT2D eigenvalue weighted by molar-refractivity contribution is 0.0709. The zero-order valence-corrected chi connectivity index (χ0v) is 13.2. The molecule has 0 saturated carbocycles. The highest BCUT2D eigenvalue weighted by Crippen LogP contribution is 2.25. The summed E-state index contributed by atoms with van der Waals surface area (Å²) in [5, 5.41) is 3.90. The molecule has 0 amide bonds. The van der Waals surface area contributed by atoms with Crippen LogP contribution in [0.15, 0.2) is 22.9 Å². The summed E-state index contributed by atoms with van der Waals surface area (Å²) < 4.78 is 10.7. The number of piperazine rings is 1. The first kappa shape index (κ1) is 14.9. The van der Waals surface area contributed by atoms with Crippen LogP contribution in [0.3, 0.4) is 0 Å². The third-order valence-electron chi connectivity index (χ3n) is 4.00. The average Bonchev–Trinajstić information content (AvgIpc) is 2.96. The first-order valence-corrected chi connectivity index (χ1v) is 7.38. The second-order valence-electron chi connectivity index (χ2n) is 5.58. The van der Waals surface area contributed by atoms with E-state index in [1.165, 1.54) is 0 Å². The molecule has 7 nitrogen and oxygen atoms in total. The van der Waals surface area contributed by atoms with Gasteiger partial charge >= 0.3 is 0 Å². The largest absolute Gasteiger partial charge is 0.481 e. The maximum absolute atomic E-state index is 5.35. The van der Waals surface area contributed by atoms with Crippen LogP contribution in [0.4, 0.5) is 0 Å². The SMILES string of the molecule is COc1ncccc1CN1CCN(C)[C@H](c2nc(C)no2)C1. The number of likely N-dealkylation sites (N-methyl/N-ethyl adjacent to an activating group) is 1. The maximum atomic E-state index is 5.35. The van der Waals surface area contributed by atoms with Crippen molar-refractivity contribution in [1.82, 2.24) is 24.9 Å². The molecule has 22 heavy (non-hydrogen) atoms. The van der Waals surface area contributed by atoms with E-state index in [1.54, 1.807) is 13.3 Å². The first-order chi connectivity index (χ1) is 10.7. The van der Waals surface area contributed by atoms with Gasteiger partial charge < -0.3 is 9.26 Å². The summed E-state index contributed by atoms with van der Waals surface area (Å²) in [5.74, 6) is 2.05. The van der Waals surface area contributed by atoms with Gasteiger partial charge in [0.2, 0.25) is 11.8 Å². The van der Waals surface area contributed by atoms with E-state index in [0.29, 0.717) is 17.6 Å². The van der Waals surface area contributed by atoms with Crippen molar-refractivity contribution < 1.29 is 9.26 Å². The van der Waals surface area contributed by atoms with Gasteiger partial charge in [-0.05, 0) is 20.0 Å². The maximum Gasteiger partial charge on any atom is 0.245 e. The Hall–Kier alpha value is -1.99. The van der Waals surface area contributed by atoms with Crippen molar-refractivity contribution in [2.45, 2.75) is 19.5 Å². The summed E-state index contributed by atoms with van der Waals surface area (Å²) >= 11 is 0. The molecule has 0 aliphatic carbocycles. The van der Waals surface area contributed by atoms with E-state index in [2.05, 4.69) is 38.0 Å². The number of pyridine rings is 1. The molecule has 7 heteroatoms. The highest BCUT2D eigenvalue weighted by molar-refractivity contribution is 5.25. The van der Waals surface area contributed by atoms with Crippen molar-refractivity contribution in [3.8, 4) is 5.88 Å². The lowest BCUT2D eigenvalue weighted by atomic mass is 10.1. The predicted molar refractivity (Wildman–Crippen MR) is 80.5 cm³/mol. The minimum atomic E-state index is 0.123. The van der Waals surface area contributed by atoms with E-state index in [-0.39, 0.29) is 6.04 Å². The molecule has 0 aromatic carbocycles. The summed E-state index contributed by atoms with van der Waals surface area (Å²) in [6.45, 7) is 5.42. The highest BCUT2D eigenvalue weighted by Gasteiger charge is 2.30. The van der Waals surface area contributed by atoms with E-state index in [0.717, 1.165) is 31.7 Å². The van der Waals surface area contributed by atoms with Crippen LogP contribution in [0.2, 0.25) is 0 Å². The molecule has 1 fully saturated rings. The standard InChI is InChI=1S/C15H21N5O2/c1-11-17-15(22-18-11)13-10-20(8-7-19(13)2)9-12-5-4-6-16-14(12)21-3/h4-6,13H,7-10H2,1-3H3/t13-/m0/s1. The van der Waals surface area contributed by atoms with Crippen molar-refractivity contribution in [2.24, 2.45) is 0 Å². The Morgan fingerprint density at radius 2 is 2.27 bits per heavy atom. The summed E-state index contributed by atoms with van der Waals surface area (Å²) in [4.78, 5) is 13.3. The molecule has 3 heterocycles. The average molecular weight is 303 g/mol. The Kier molecular flexibility index (Phi) is 4.35. The first-order valence-electron chi connectivity index (χ1n) is 7.38. The molecule has 1 aliphatic heterocycles. The molecule has 2 aromatic rings. The molecule has 0 radical (unpaired) electrons. The fraction of sp³-hybridized carbons (Fsp3) is 0.533. The molecule has 118 valence electrons. The van der Waals surface area contributed by atoms with Gasteiger partial charge in [-0.25, -0.2) is 4.98 Å². The fourth-order valence-electron chi connectivity index (χ4n) is 2.76. The number of hydrogen-bond acceptors (Lipinski definition) is 7. The molecule has 0 spiro atoms. The lowest BCUT2D eigenvalue weighted by Gasteiger charge is -2.37. The Balaban J connectivity index is 1.73. The van der Waals surface area contributed by atoms with E-state index in [4.69, 9.17) is 9.26 Å². The van der Waals surface area contributed by atoms with Gasteiger partial charge in [0.15, 0.2) is 5.82 Å². The topological polar surface area (TPSA) is 67.5 Å². The van der Waals surface area contributed by atoms with E-state index < -0.39 is 0 Å². The van der Waals surface area contributed by atoms with Crippen molar-refractivity contribution in [1.29, 1.82) is 0 Å². The molecule has 0 unspecified atom stereocenters. The zero-order chi connectivity index (χ0) is 15.5. The van der Waals surface area contributed by atoms with Crippen molar-refractivity contribution in [3.63, 3.8) is 0 Å². The smallest absolute Gasteiger partial charge is 0.245 e. The van der Waals surface area contributed by atoms with Crippen LogP contribution < -0.4 is 4.74 Å². The predicted octanol–water partition coefficient (Wildman–Crippen LogP) is 1.27. The number of rotatable bonds is 4. The van der Waals surface area contributed by atoms with Crippen molar-refractivity contribution >= 4 is 0 Å². The summed E-state index contributed by atoms with van der Waals surface area (Å²) in [5.41, 5.74) is 1.09. The van der Waals surface area contributed by atoms with Gasteiger partial charge in [-0.2, -0.15) is 4.98 Å². The Bertz CT molecular complexity index is 630. The minimum absolute atomic E-state index is 0.123. The van der Waals surface area contributed by atoms with E-state index in [9.17, 15) is 0 Å². The van der Waals surface area contributed by atoms with Gasteiger partial charge in [0.05, 0.1) is 7.11 Å². The van der Waals surface area contributed by atoms with Crippen LogP contribution in [0.25, 0.3) is 0 Å². The van der Waals surface area contributed by atoms with Gasteiger partial charge in [-0.15, -0.1) is 0 Å². The van der Waals surface area contributed by atoms with E-state index in [1.807, 2.05) is 13.0 Å². The fourth-order valence-corrected chi connectivity index (χ4v) is 2.76. The Morgan fingerprint density at radius 3 is 3.00 bits per heavy atom. The molecule has 1 saturated heterocycles. The second-order valence-corrected chi connectivity index (χ2v) is 5.58. The van der Waals surface area contributed by atoms with Crippen LogP contribution in [0, 0.1) is 6.92 Å². The summed E-state index contributed by atoms with van der Waals surface area (Å²) in [7, 11) is 3.74. The summed E-state index contributed by atoms with van der Waals surface area (Å²) in [6.07, 6.45) is 1.75. The Morgan fingerprint density at radius 1 is 1.41 bits per heavy atom. The molecular weight excluding hydrogens is 282 g/mol. The number of nitrogens with zero attached hydrogens (tertiary/aromatic N) is 5. The zero-order valence-electron chi connectivity index (χ0n) is 13.2. The molecule has 2 aromatic heterocycles. The number of aromatic nitrogens is 3. The molecule has 1 atom stereocenters. The number of ether oxygens (including phenoxy) is 1. The molecule has 1 aliphatic rings. The number of hydrogen-bond donors (Lipinski definition) is 0. The van der Waals surface area contributed by atoms with Crippen LogP contribution >= 0.6 is 0 Å². The van der Waals surface area contributed by atoms with Gasteiger partial charge in [0.25, 0.3) is 0 Å². The third-order valence-corrected chi connectivity index (χ3v) is 4.00. The highest BCUT2D eigenvalue weighted by atomic mass is 16.5. The van der Waals surface area contributed by atoms with Gasteiger partial charge in [0.1, 0.15) is 6.04 Å². The Labute approximate surface area is 129 Å². The van der Waals surface area contributed by atoms with Crippen LogP contribution in [0.1, 0.15) is 23.3 Å². The van der Waals surface area contributed by atoms with Gasteiger partial charge in [-0.3, -0.25) is 9.80 Å². The van der Waals surface area contributed by atoms with Crippen LogP contribution in [0.5, 0.6) is 5.88 Å². The van der Waals surface area contributed by atoms with Crippen LogP contribution in [-0.4, -0.2) is 58.7 Å². The summed E-state index contributed by atoms with van der Waals surface area (Å²) in [6, 6.07) is 4.11. The third kappa shape index (κ3) is 3.10. The normalized spacial score (nSPS) is 20.2.